The summed E-state index contributed by atoms with van der Waals surface area (Å²) in [5.41, 5.74) is 0.851. The van der Waals surface area contributed by atoms with Crippen molar-refractivity contribution in [3.63, 3.8) is 0 Å². The molecule has 1 aromatic carbocycles. The fourth-order valence-corrected chi connectivity index (χ4v) is 3.15. The van der Waals surface area contributed by atoms with Gasteiger partial charge in [-0.05, 0) is 45.6 Å². The van der Waals surface area contributed by atoms with E-state index in [2.05, 4.69) is 48.3 Å². The smallest absolute Gasteiger partial charge is 0.407 e. The highest BCUT2D eigenvalue weighted by Crippen LogP contribution is 2.24. The van der Waals surface area contributed by atoms with E-state index in [1.807, 2.05) is 26.8 Å². The number of benzene rings is 1. The summed E-state index contributed by atoms with van der Waals surface area (Å²) >= 11 is 0. The molecule has 0 aromatic heterocycles. The molecule has 0 bridgehead atoms. The highest BCUT2D eigenvalue weighted by Gasteiger charge is 2.32. The average molecular weight is 318 g/mol. The Labute approximate surface area is 140 Å². The average Bonchev–Trinajstić information content (AvgIpc) is 2.43. The number of nitrogens with one attached hydrogen (secondary N) is 1. The fourth-order valence-electron chi connectivity index (χ4n) is 3.15. The molecule has 1 fully saturated rings. The van der Waals surface area contributed by atoms with Gasteiger partial charge in [0.05, 0.1) is 0 Å². The molecule has 0 aliphatic carbocycles. The maximum Gasteiger partial charge on any atom is 0.407 e. The van der Waals surface area contributed by atoms with Gasteiger partial charge in [0.25, 0.3) is 0 Å². The van der Waals surface area contributed by atoms with Crippen LogP contribution in [-0.2, 0) is 11.3 Å². The van der Waals surface area contributed by atoms with Gasteiger partial charge < -0.3 is 10.1 Å². The van der Waals surface area contributed by atoms with Gasteiger partial charge in [-0.25, -0.2) is 4.79 Å². The first-order chi connectivity index (χ1) is 10.7. The van der Waals surface area contributed by atoms with Gasteiger partial charge in [0, 0.05) is 25.2 Å². The first-order valence-corrected chi connectivity index (χ1v) is 8.52. The second-order valence-corrected chi connectivity index (χ2v) is 7.73. The Morgan fingerprint density at radius 3 is 2.52 bits per heavy atom. The van der Waals surface area contributed by atoms with Crippen molar-refractivity contribution in [3.8, 4) is 0 Å². The molecule has 4 nitrogen and oxygen atoms in total. The number of likely N-dealkylation sites (tertiary alicyclic amines) is 1. The second kappa shape index (κ2) is 7.35. The minimum atomic E-state index is -0.459. The zero-order valence-corrected chi connectivity index (χ0v) is 15.0. The third-order valence-corrected chi connectivity index (χ3v) is 4.38. The van der Waals surface area contributed by atoms with Crippen molar-refractivity contribution in [2.24, 2.45) is 5.92 Å². The van der Waals surface area contributed by atoms with Crippen LogP contribution < -0.4 is 5.32 Å². The van der Waals surface area contributed by atoms with Gasteiger partial charge >= 0.3 is 6.09 Å². The summed E-state index contributed by atoms with van der Waals surface area (Å²) in [4.78, 5) is 14.5. The molecule has 1 saturated heterocycles. The molecular formula is C19H30N2O2. The number of amides is 1. The molecule has 1 N–H and O–H groups in total. The van der Waals surface area contributed by atoms with Gasteiger partial charge in [0.15, 0.2) is 0 Å². The maximum atomic E-state index is 12.1. The summed E-state index contributed by atoms with van der Waals surface area (Å²) in [5.74, 6) is 0.449. The Kier molecular flexibility index (Phi) is 5.69. The Bertz CT molecular complexity index is 510. The van der Waals surface area contributed by atoms with Crippen molar-refractivity contribution in [3.05, 3.63) is 35.9 Å². The summed E-state index contributed by atoms with van der Waals surface area (Å²) in [6.45, 7) is 11.9. The summed E-state index contributed by atoms with van der Waals surface area (Å²) in [7, 11) is 0. The van der Waals surface area contributed by atoms with Gasteiger partial charge in [-0.3, -0.25) is 4.90 Å². The molecule has 1 aliphatic heterocycles. The highest BCUT2D eigenvalue weighted by molar-refractivity contribution is 5.68. The SMILES string of the molecule is CC1CC(C)N(Cc2ccccc2)CC1NC(=O)OC(C)(C)C. The van der Waals surface area contributed by atoms with Crippen molar-refractivity contribution in [2.75, 3.05) is 6.54 Å². The Hall–Kier alpha value is -1.55. The van der Waals surface area contributed by atoms with Crippen LogP contribution in [0.2, 0.25) is 0 Å². The molecule has 128 valence electrons. The quantitative estimate of drug-likeness (QED) is 0.921. The third kappa shape index (κ3) is 5.54. The highest BCUT2D eigenvalue weighted by atomic mass is 16.6. The van der Waals surface area contributed by atoms with Crippen LogP contribution in [0.3, 0.4) is 0 Å². The number of carbonyl (C=O) groups excluding carboxylic acids is 1. The molecule has 1 amide bonds. The standard InChI is InChI=1S/C19H30N2O2/c1-14-11-15(2)21(12-16-9-7-6-8-10-16)13-17(14)20-18(22)23-19(3,4)5/h6-10,14-15,17H,11-13H2,1-5H3,(H,20,22). The van der Waals surface area contributed by atoms with Crippen LogP contribution in [0.25, 0.3) is 0 Å². The van der Waals surface area contributed by atoms with Crippen molar-refractivity contribution < 1.29 is 9.53 Å². The van der Waals surface area contributed by atoms with E-state index in [9.17, 15) is 4.79 Å². The molecule has 0 saturated carbocycles. The minimum Gasteiger partial charge on any atom is -0.444 e. The summed E-state index contributed by atoms with van der Waals surface area (Å²) < 4.78 is 5.40. The van der Waals surface area contributed by atoms with E-state index in [4.69, 9.17) is 4.74 Å². The number of alkyl carbamates (subject to hydrolysis) is 1. The molecule has 2 rings (SSSR count). The number of ether oxygens (including phenoxy) is 1. The molecule has 0 spiro atoms. The van der Waals surface area contributed by atoms with Crippen LogP contribution in [0.1, 0.15) is 46.6 Å². The van der Waals surface area contributed by atoms with E-state index in [0.29, 0.717) is 12.0 Å². The molecule has 4 heteroatoms. The topological polar surface area (TPSA) is 41.6 Å². The molecule has 1 heterocycles. The van der Waals surface area contributed by atoms with E-state index in [1.54, 1.807) is 0 Å². The van der Waals surface area contributed by atoms with Crippen molar-refractivity contribution >= 4 is 6.09 Å². The normalized spacial score (nSPS) is 25.9. The lowest BCUT2D eigenvalue weighted by atomic mass is 9.88. The lowest BCUT2D eigenvalue weighted by Crippen LogP contribution is -2.55. The summed E-state index contributed by atoms with van der Waals surface area (Å²) in [6, 6.07) is 11.1. The predicted molar refractivity (Wildman–Crippen MR) is 93.3 cm³/mol. The van der Waals surface area contributed by atoms with Crippen LogP contribution >= 0.6 is 0 Å². The van der Waals surface area contributed by atoms with Crippen molar-refractivity contribution in [1.82, 2.24) is 10.2 Å². The van der Waals surface area contributed by atoms with E-state index in [-0.39, 0.29) is 12.1 Å². The number of carbonyl (C=O) groups is 1. The number of nitrogens with zero attached hydrogens (tertiary/aromatic N) is 1. The molecule has 3 atom stereocenters. The first-order valence-electron chi connectivity index (χ1n) is 8.52. The molecule has 23 heavy (non-hydrogen) atoms. The van der Waals surface area contributed by atoms with Crippen LogP contribution in [0.4, 0.5) is 4.79 Å². The molecule has 0 radical (unpaired) electrons. The van der Waals surface area contributed by atoms with Crippen LogP contribution in [0.5, 0.6) is 0 Å². The molecule has 1 aromatic rings. The lowest BCUT2D eigenvalue weighted by Gasteiger charge is -2.42. The monoisotopic (exact) mass is 318 g/mol. The lowest BCUT2D eigenvalue weighted by molar-refractivity contribution is 0.0377. The number of hydrogen-bond donors (Lipinski definition) is 1. The van der Waals surface area contributed by atoms with E-state index in [1.165, 1.54) is 5.56 Å². The maximum absolute atomic E-state index is 12.1. The summed E-state index contributed by atoms with van der Waals surface area (Å²) in [5, 5.41) is 3.06. The Balaban J connectivity index is 1.96. The van der Waals surface area contributed by atoms with Crippen LogP contribution in [0.15, 0.2) is 30.3 Å². The first kappa shape index (κ1) is 17.8. The number of piperidine rings is 1. The van der Waals surface area contributed by atoms with Crippen LogP contribution in [0, 0.1) is 5.92 Å². The van der Waals surface area contributed by atoms with E-state index in [0.717, 1.165) is 19.5 Å². The van der Waals surface area contributed by atoms with Gasteiger partial charge in [-0.15, -0.1) is 0 Å². The molecule has 3 unspecified atom stereocenters. The van der Waals surface area contributed by atoms with Crippen molar-refractivity contribution in [2.45, 2.75) is 65.3 Å². The van der Waals surface area contributed by atoms with Gasteiger partial charge in [0.1, 0.15) is 5.60 Å². The second-order valence-electron chi connectivity index (χ2n) is 7.73. The van der Waals surface area contributed by atoms with E-state index < -0.39 is 5.60 Å². The van der Waals surface area contributed by atoms with E-state index >= 15 is 0 Å². The summed E-state index contributed by atoms with van der Waals surface area (Å²) in [6.07, 6.45) is 0.761. The predicted octanol–water partition coefficient (Wildman–Crippen LogP) is 3.81. The Morgan fingerprint density at radius 2 is 1.91 bits per heavy atom. The van der Waals surface area contributed by atoms with Gasteiger partial charge in [0.2, 0.25) is 0 Å². The van der Waals surface area contributed by atoms with Crippen molar-refractivity contribution in [1.29, 1.82) is 0 Å². The van der Waals surface area contributed by atoms with Gasteiger partial charge in [-0.1, -0.05) is 37.3 Å². The van der Waals surface area contributed by atoms with Gasteiger partial charge in [-0.2, -0.15) is 0 Å². The number of hydrogen-bond acceptors (Lipinski definition) is 3. The number of rotatable bonds is 3. The molecular weight excluding hydrogens is 288 g/mol. The zero-order chi connectivity index (χ0) is 17.0. The largest absolute Gasteiger partial charge is 0.444 e. The zero-order valence-electron chi connectivity index (χ0n) is 15.0. The minimum absolute atomic E-state index is 0.129. The fraction of sp³-hybridized carbons (Fsp3) is 0.632. The Morgan fingerprint density at radius 1 is 1.26 bits per heavy atom. The molecule has 1 aliphatic rings. The third-order valence-electron chi connectivity index (χ3n) is 4.38. The van der Waals surface area contributed by atoms with Crippen LogP contribution in [-0.4, -0.2) is 35.2 Å².